The maximum Gasteiger partial charge on any atom is 0.434 e. The lowest BCUT2D eigenvalue weighted by Gasteiger charge is -2.19. The van der Waals surface area contributed by atoms with Gasteiger partial charge in [-0.15, -0.1) is 11.3 Å². The van der Waals surface area contributed by atoms with E-state index in [-0.39, 0.29) is 13.0 Å². The molecule has 0 spiro atoms. The summed E-state index contributed by atoms with van der Waals surface area (Å²) in [6.45, 7) is 0.163. The Balaban J connectivity index is 1.81. The summed E-state index contributed by atoms with van der Waals surface area (Å²) in [5, 5.41) is 13.8. The van der Waals surface area contributed by atoms with Gasteiger partial charge < -0.3 is 10.4 Å². The molecule has 1 saturated heterocycles. The average molecular weight is 326 g/mol. The molecule has 1 aromatic rings. The van der Waals surface area contributed by atoms with Crippen LogP contribution in [0, 0.1) is 0 Å². The predicted molar refractivity (Wildman–Crippen MR) is 70.7 cm³/mol. The lowest BCUT2D eigenvalue weighted by molar-refractivity contribution is -0.141. The van der Waals surface area contributed by atoms with Gasteiger partial charge in [0.05, 0.1) is 5.01 Å². The average Bonchev–Trinajstić information content (AvgIpc) is 2.98. The highest BCUT2D eigenvalue weighted by atomic mass is 32.2. The number of thiazole rings is 1. The first kappa shape index (κ1) is 15.6. The largest absolute Gasteiger partial charge is 0.434 e. The van der Waals surface area contributed by atoms with Crippen molar-refractivity contribution in [1.82, 2.24) is 10.3 Å². The van der Waals surface area contributed by atoms with Crippen LogP contribution >= 0.6 is 23.1 Å². The Bertz CT molecular complexity index is 484. The topological polar surface area (TPSA) is 62.2 Å². The number of nitrogens with one attached hydrogen (secondary N) is 1. The third kappa shape index (κ3) is 3.64. The summed E-state index contributed by atoms with van der Waals surface area (Å²) < 4.78 is 37.0. The minimum Gasteiger partial charge on any atom is -0.379 e. The van der Waals surface area contributed by atoms with Crippen LogP contribution in [0.2, 0.25) is 0 Å². The van der Waals surface area contributed by atoms with Gasteiger partial charge in [0.25, 0.3) is 5.91 Å². The van der Waals surface area contributed by atoms with Gasteiger partial charge in [-0.3, -0.25) is 4.79 Å². The number of alkyl halides is 3. The van der Waals surface area contributed by atoms with Crippen LogP contribution in [-0.2, 0) is 17.4 Å². The molecule has 2 N–H and O–H groups in total. The van der Waals surface area contributed by atoms with Crippen molar-refractivity contribution in [3.05, 3.63) is 16.1 Å². The number of hydrogen-bond acceptors (Lipinski definition) is 5. The molecule has 0 radical (unpaired) electrons. The molecule has 1 amide bonds. The van der Waals surface area contributed by atoms with Crippen molar-refractivity contribution in [3.8, 4) is 0 Å². The maximum atomic E-state index is 12.3. The third-order valence-electron chi connectivity index (χ3n) is 2.89. The third-order valence-corrected chi connectivity index (χ3v) is 4.97. The van der Waals surface area contributed by atoms with Gasteiger partial charge in [-0.2, -0.15) is 24.9 Å². The molecule has 0 aromatic carbocycles. The molecule has 0 bridgehead atoms. The van der Waals surface area contributed by atoms with Gasteiger partial charge in [-0.05, 0) is 12.2 Å². The standard InChI is InChI=1S/C11H13F3N2O2S2/c12-11(13,14)7-5-20-8(16-7)1-3-15-9(17)10(18)2-4-19-6-10/h5,18H,1-4,6H2,(H,15,17). The Morgan fingerprint density at radius 3 is 2.85 bits per heavy atom. The summed E-state index contributed by atoms with van der Waals surface area (Å²) in [6.07, 6.45) is -3.82. The number of halogens is 3. The van der Waals surface area contributed by atoms with E-state index >= 15 is 0 Å². The van der Waals surface area contributed by atoms with Crippen molar-refractivity contribution in [2.24, 2.45) is 0 Å². The molecule has 1 unspecified atom stereocenters. The number of aliphatic hydroxyl groups is 1. The Labute approximate surface area is 121 Å². The SMILES string of the molecule is O=C(NCCc1nc(C(F)(F)F)cs1)C1(O)CCSC1. The minimum absolute atomic E-state index is 0.163. The zero-order chi connectivity index (χ0) is 14.8. The van der Waals surface area contributed by atoms with Crippen molar-refractivity contribution < 1.29 is 23.1 Å². The number of carbonyl (C=O) groups excluding carboxylic acids is 1. The van der Waals surface area contributed by atoms with Crippen LogP contribution < -0.4 is 5.32 Å². The molecular formula is C11H13F3N2O2S2. The highest BCUT2D eigenvalue weighted by Gasteiger charge is 2.39. The van der Waals surface area contributed by atoms with Gasteiger partial charge >= 0.3 is 6.18 Å². The number of hydrogen-bond donors (Lipinski definition) is 2. The maximum absolute atomic E-state index is 12.3. The predicted octanol–water partition coefficient (Wildman–Crippen LogP) is 1.69. The van der Waals surface area contributed by atoms with Crippen LogP contribution in [0.1, 0.15) is 17.1 Å². The fourth-order valence-corrected chi connectivity index (χ4v) is 3.78. The number of aromatic nitrogens is 1. The van der Waals surface area contributed by atoms with E-state index in [1.54, 1.807) is 0 Å². The Kier molecular flexibility index (Phi) is 4.60. The quantitative estimate of drug-likeness (QED) is 0.884. The van der Waals surface area contributed by atoms with Crippen molar-refractivity contribution in [1.29, 1.82) is 0 Å². The van der Waals surface area contributed by atoms with E-state index < -0.39 is 23.4 Å². The highest BCUT2D eigenvalue weighted by Crippen LogP contribution is 2.30. The van der Waals surface area contributed by atoms with Crippen LogP contribution in [0.15, 0.2) is 5.38 Å². The lowest BCUT2D eigenvalue weighted by Crippen LogP contribution is -2.47. The summed E-state index contributed by atoms with van der Waals surface area (Å²) in [5.74, 6) is 0.620. The van der Waals surface area contributed by atoms with Crippen LogP contribution in [0.4, 0.5) is 13.2 Å². The first-order valence-electron chi connectivity index (χ1n) is 5.91. The molecule has 2 rings (SSSR count). The van der Waals surface area contributed by atoms with E-state index in [9.17, 15) is 23.1 Å². The fourth-order valence-electron chi connectivity index (χ4n) is 1.74. The number of carbonyl (C=O) groups is 1. The van der Waals surface area contributed by atoms with Crippen molar-refractivity contribution in [3.63, 3.8) is 0 Å². The van der Waals surface area contributed by atoms with E-state index in [0.717, 1.165) is 22.5 Å². The van der Waals surface area contributed by atoms with E-state index in [1.165, 1.54) is 11.8 Å². The smallest absolute Gasteiger partial charge is 0.379 e. The molecule has 1 aliphatic rings. The van der Waals surface area contributed by atoms with Gasteiger partial charge in [0, 0.05) is 24.1 Å². The van der Waals surface area contributed by atoms with Crippen molar-refractivity contribution in [2.45, 2.75) is 24.6 Å². The Morgan fingerprint density at radius 2 is 2.30 bits per heavy atom. The summed E-state index contributed by atoms with van der Waals surface area (Å²) in [4.78, 5) is 15.2. The second-order valence-corrected chi connectivity index (χ2v) is 6.51. The second kappa shape index (κ2) is 5.90. The number of nitrogens with zero attached hydrogens (tertiary/aromatic N) is 1. The molecule has 1 aromatic heterocycles. The zero-order valence-electron chi connectivity index (χ0n) is 10.4. The first-order chi connectivity index (χ1) is 9.31. The minimum atomic E-state index is -4.44. The van der Waals surface area contributed by atoms with Crippen molar-refractivity contribution in [2.75, 3.05) is 18.1 Å². The molecule has 0 aliphatic carbocycles. The summed E-state index contributed by atoms with van der Waals surface area (Å²) in [5.41, 5.74) is -2.25. The number of thioether (sulfide) groups is 1. The molecule has 4 nitrogen and oxygen atoms in total. The van der Waals surface area contributed by atoms with Gasteiger partial charge in [-0.1, -0.05) is 0 Å². The molecule has 1 fully saturated rings. The van der Waals surface area contributed by atoms with E-state index in [1.807, 2.05) is 0 Å². The molecular weight excluding hydrogens is 313 g/mol. The van der Waals surface area contributed by atoms with Crippen LogP contribution in [0.3, 0.4) is 0 Å². The van der Waals surface area contributed by atoms with Crippen molar-refractivity contribution >= 4 is 29.0 Å². The van der Waals surface area contributed by atoms with E-state index in [2.05, 4.69) is 10.3 Å². The van der Waals surface area contributed by atoms with Crippen LogP contribution in [0.5, 0.6) is 0 Å². The van der Waals surface area contributed by atoms with Crippen LogP contribution in [-0.4, -0.2) is 39.6 Å². The molecule has 1 aliphatic heterocycles. The fraction of sp³-hybridized carbons (Fsp3) is 0.636. The molecule has 1 atom stereocenters. The summed E-state index contributed by atoms with van der Waals surface area (Å²) >= 11 is 2.41. The summed E-state index contributed by atoms with van der Waals surface area (Å²) in [7, 11) is 0. The molecule has 112 valence electrons. The zero-order valence-corrected chi connectivity index (χ0v) is 12.0. The van der Waals surface area contributed by atoms with Gasteiger partial charge in [0.1, 0.15) is 0 Å². The second-order valence-electron chi connectivity index (χ2n) is 4.46. The molecule has 9 heteroatoms. The Morgan fingerprint density at radius 1 is 1.55 bits per heavy atom. The number of amides is 1. The Hall–Kier alpha value is -0.800. The van der Waals surface area contributed by atoms with E-state index in [0.29, 0.717) is 17.2 Å². The van der Waals surface area contributed by atoms with Crippen LogP contribution in [0.25, 0.3) is 0 Å². The van der Waals surface area contributed by atoms with E-state index in [4.69, 9.17) is 0 Å². The number of rotatable bonds is 4. The monoisotopic (exact) mass is 326 g/mol. The molecule has 2 heterocycles. The van der Waals surface area contributed by atoms with Gasteiger partial charge in [0.15, 0.2) is 11.3 Å². The molecule has 20 heavy (non-hydrogen) atoms. The normalized spacial score (nSPS) is 23.0. The highest BCUT2D eigenvalue weighted by molar-refractivity contribution is 7.99. The van der Waals surface area contributed by atoms with Gasteiger partial charge in [0.2, 0.25) is 0 Å². The molecule has 0 saturated carbocycles. The lowest BCUT2D eigenvalue weighted by atomic mass is 10.0. The summed E-state index contributed by atoms with van der Waals surface area (Å²) in [6, 6.07) is 0. The first-order valence-corrected chi connectivity index (χ1v) is 7.95. The van der Waals surface area contributed by atoms with Gasteiger partial charge in [-0.25, -0.2) is 4.98 Å².